The molecule has 1 fully saturated rings. The van der Waals surface area contributed by atoms with Gasteiger partial charge < -0.3 is 10.5 Å². The Morgan fingerprint density at radius 1 is 1.37 bits per heavy atom. The SMILES string of the molecule is COc1ccc(Br)c(C2C(N)CCN2C(C)(C)C)c1. The number of hydrogen-bond donors (Lipinski definition) is 1. The van der Waals surface area contributed by atoms with Crippen molar-refractivity contribution in [2.75, 3.05) is 13.7 Å². The number of nitrogens with two attached hydrogens (primary N) is 1. The van der Waals surface area contributed by atoms with Gasteiger partial charge in [0.2, 0.25) is 0 Å². The lowest BCUT2D eigenvalue weighted by Gasteiger charge is -2.38. The van der Waals surface area contributed by atoms with Gasteiger partial charge in [-0.05, 0) is 51.0 Å². The molecule has 3 nitrogen and oxygen atoms in total. The summed E-state index contributed by atoms with van der Waals surface area (Å²) < 4.78 is 6.45. The van der Waals surface area contributed by atoms with E-state index in [1.165, 1.54) is 5.56 Å². The molecule has 1 saturated heterocycles. The van der Waals surface area contributed by atoms with Crippen LogP contribution in [0, 0.1) is 0 Å². The minimum atomic E-state index is 0.112. The molecule has 0 bridgehead atoms. The van der Waals surface area contributed by atoms with Gasteiger partial charge in [0.25, 0.3) is 0 Å². The minimum absolute atomic E-state index is 0.112. The molecule has 0 amide bonds. The van der Waals surface area contributed by atoms with Gasteiger partial charge in [0.15, 0.2) is 0 Å². The van der Waals surface area contributed by atoms with Gasteiger partial charge in [0.05, 0.1) is 13.2 Å². The topological polar surface area (TPSA) is 38.5 Å². The predicted molar refractivity (Wildman–Crippen MR) is 82.5 cm³/mol. The van der Waals surface area contributed by atoms with E-state index in [0.29, 0.717) is 0 Å². The Labute approximate surface area is 124 Å². The molecule has 106 valence electrons. The molecule has 1 aliphatic heterocycles. The smallest absolute Gasteiger partial charge is 0.119 e. The van der Waals surface area contributed by atoms with Crippen LogP contribution in [0.3, 0.4) is 0 Å². The first-order chi connectivity index (χ1) is 8.84. The van der Waals surface area contributed by atoms with Crippen molar-refractivity contribution in [3.63, 3.8) is 0 Å². The number of halogens is 1. The van der Waals surface area contributed by atoms with E-state index in [4.69, 9.17) is 10.5 Å². The van der Waals surface area contributed by atoms with Crippen LogP contribution in [0.5, 0.6) is 5.75 Å². The van der Waals surface area contributed by atoms with Crippen LogP contribution in [0.1, 0.15) is 38.8 Å². The molecule has 1 aromatic carbocycles. The van der Waals surface area contributed by atoms with E-state index < -0.39 is 0 Å². The number of hydrogen-bond acceptors (Lipinski definition) is 3. The zero-order valence-electron chi connectivity index (χ0n) is 12.1. The monoisotopic (exact) mass is 326 g/mol. The second kappa shape index (κ2) is 5.43. The van der Waals surface area contributed by atoms with Crippen molar-refractivity contribution >= 4 is 15.9 Å². The van der Waals surface area contributed by atoms with E-state index in [2.05, 4.69) is 47.7 Å². The quantitative estimate of drug-likeness (QED) is 0.905. The lowest BCUT2D eigenvalue weighted by molar-refractivity contribution is 0.116. The predicted octanol–water partition coefficient (Wildman–Crippen LogP) is 3.33. The largest absolute Gasteiger partial charge is 0.497 e. The summed E-state index contributed by atoms with van der Waals surface area (Å²) in [6, 6.07) is 6.51. The minimum Gasteiger partial charge on any atom is -0.497 e. The lowest BCUT2D eigenvalue weighted by atomic mass is 9.96. The van der Waals surface area contributed by atoms with Crippen molar-refractivity contribution in [1.29, 1.82) is 0 Å². The van der Waals surface area contributed by atoms with Crippen LogP contribution >= 0.6 is 15.9 Å². The summed E-state index contributed by atoms with van der Waals surface area (Å²) in [4.78, 5) is 2.48. The van der Waals surface area contributed by atoms with Crippen molar-refractivity contribution in [3.05, 3.63) is 28.2 Å². The molecule has 19 heavy (non-hydrogen) atoms. The van der Waals surface area contributed by atoms with Gasteiger partial charge >= 0.3 is 0 Å². The van der Waals surface area contributed by atoms with Crippen LogP contribution in [0.2, 0.25) is 0 Å². The number of nitrogens with zero attached hydrogens (tertiary/aromatic N) is 1. The van der Waals surface area contributed by atoms with E-state index in [0.717, 1.165) is 23.2 Å². The van der Waals surface area contributed by atoms with Crippen LogP contribution in [0.25, 0.3) is 0 Å². The molecule has 4 heteroatoms. The van der Waals surface area contributed by atoms with Crippen molar-refractivity contribution in [2.24, 2.45) is 5.73 Å². The number of ether oxygens (including phenoxy) is 1. The molecule has 2 atom stereocenters. The molecule has 1 aliphatic rings. The van der Waals surface area contributed by atoms with Gasteiger partial charge in [0, 0.05) is 22.6 Å². The van der Waals surface area contributed by atoms with Gasteiger partial charge in [-0.1, -0.05) is 15.9 Å². The number of benzene rings is 1. The lowest BCUT2D eigenvalue weighted by Crippen LogP contribution is -2.43. The summed E-state index contributed by atoms with van der Waals surface area (Å²) >= 11 is 3.65. The molecule has 2 N–H and O–H groups in total. The van der Waals surface area contributed by atoms with Gasteiger partial charge in [-0.3, -0.25) is 4.90 Å². The molecule has 1 aromatic rings. The maximum Gasteiger partial charge on any atom is 0.119 e. The molecule has 2 rings (SSSR count). The summed E-state index contributed by atoms with van der Waals surface area (Å²) in [7, 11) is 1.70. The zero-order valence-corrected chi connectivity index (χ0v) is 13.7. The Kier molecular flexibility index (Phi) is 4.23. The van der Waals surface area contributed by atoms with Gasteiger partial charge in [0.1, 0.15) is 5.75 Å². The Morgan fingerprint density at radius 2 is 2.05 bits per heavy atom. The summed E-state index contributed by atoms with van der Waals surface area (Å²) in [5.74, 6) is 0.881. The van der Waals surface area contributed by atoms with Crippen molar-refractivity contribution in [1.82, 2.24) is 4.90 Å². The van der Waals surface area contributed by atoms with E-state index >= 15 is 0 Å². The first-order valence-corrected chi connectivity index (χ1v) is 7.49. The maximum atomic E-state index is 6.36. The molecule has 0 aromatic heterocycles. The summed E-state index contributed by atoms with van der Waals surface area (Å²) in [6.45, 7) is 7.77. The van der Waals surface area contributed by atoms with Crippen LogP contribution in [-0.4, -0.2) is 30.1 Å². The molecular formula is C15H23BrN2O. The van der Waals surface area contributed by atoms with E-state index in [-0.39, 0.29) is 17.6 Å². The first kappa shape index (κ1) is 14.8. The number of rotatable bonds is 2. The third-order valence-electron chi connectivity index (χ3n) is 3.83. The van der Waals surface area contributed by atoms with Crippen LogP contribution < -0.4 is 10.5 Å². The van der Waals surface area contributed by atoms with Gasteiger partial charge in [-0.25, -0.2) is 0 Å². The summed E-state index contributed by atoms with van der Waals surface area (Å²) in [5, 5.41) is 0. The zero-order chi connectivity index (χ0) is 14.2. The average molecular weight is 327 g/mol. The Bertz CT molecular complexity index is 456. The van der Waals surface area contributed by atoms with E-state index in [1.54, 1.807) is 7.11 Å². The fraction of sp³-hybridized carbons (Fsp3) is 0.600. The molecule has 0 saturated carbocycles. The van der Waals surface area contributed by atoms with E-state index in [1.807, 2.05) is 12.1 Å². The Hall–Kier alpha value is -0.580. The van der Waals surface area contributed by atoms with Crippen molar-refractivity contribution in [3.8, 4) is 5.75 Å². The fourth-order valence-electron chi connectivity index (χ4n) is 2.84. The second-order valence-corrected chi connectivity index (χ2v) is 7.00. The molecule has 0 spiro atoms. The van der Waals surface area contributed by atoms with Gasteiger partial charge in [-0.15, -0.1) is 0 Å². The maximum absolute atomic E-state index is 6.36. The molecule has 0 aliphatic carbocycles. The third-order valence-corrected chi connectivity index (χ3v) is 4.55. The molecule has 1 heterocycles. The molecular weight excluding hydrogens is 304 g/mol. The number of methoxy groups -OCH3 is 1. The second-order valence-electron chi connectivity index (χ2n) is 6.15. The van der Waals surface area contributed by atoms with Crippen LogP contribution in [0.15, 0.2) is 22.7 Å². The standard InChI is InChI=1S/C15H23BrN2O/c1-15(2,3)18-8-7-13(17)14(18)11-9-10(19-4)5-6-12(11)16/h5-6,9,13-14H,7-8,17H2,1-4H3. The normalized spacial score (nSPS) is 24.7. The highest BCUT2D eigenvalue weighted by Crippen LogP contribution is 2.40. The first-order valence-electron chi connectivity index (χ1n) is 6.70. The van der Waals surface area contributed by atoms with Crippen molar-refractivity contribution < 1.29 is 4.74 Å². The highest BCUT2D eigenvalue weighted by molar-refractivity contribution is 9.10. The average Bonchev–Trinajstić information content (AvgIpc) is 2.71. The summed E-state index contributed by atoms with van der Waals surface area (Å²) in [5.41, 5.74) is 7.69. The Morgan fingerprint density at radius 3 is 2.63 bits per heavy atom. The summed E-state index contributed by atoms with van der Waals surface area (Å²) in [6.07, 6.45) is 1.03. The molecule has 0 radical (unpaired) electrons. The van der Waals surface area contributed by atoms with Crippen LogP contribution in [-0.2, 0) is 0 Å². The molecule has 2 unspecified atom stereocenters. The third kappa shape index (κ3) is 2.96. The fourth-order valence-corrected chi connectivity index (χ4v) is 3.32. The Balaban J connectivity index is 2.43. The van der Waals surface area contributed by atoms with E-state index in [9.17, 15) is 0 Å². The van der Waals surface area contributed by atoms with Crippen molar-refractivity contribution in [2.45, 2.75) is 44.8 Å². The number of likely N-dealkylation sites (tertiary alicyclic amines) is 1. The highest BCUT2D eigenvalue weighted by atomic mass is 79.9. The van der Waals surface area contributed by atoms with Crippen LogP contribution in [0.4, 0.5) is 0 Å². The van der Waals surface area contributed by atoms with Gasteiger partial charge in [-0.2, -0.15) is 0 Å². The highest BCUT2D eigenvalue weighted by Gasteiger charge is 2.39.